The third-order valence-corrected chi connectivity index (χ3v) is 4.00. The van der Waals surface area contributed by atoms with Crippen molar-refractivity contribution in [1.29, 1.82) is 0 Å². The maximum Gasteiger partial charge on any atom is 0.240 e. The fourth-order valence-electron chi connectivity index (χ4n) is 1.01. The van der Waals surface area contributed by atoms with Gasteiger partial charge in [0, 0.05) is 16.7 Å². The molecule has 0 atom stereocenters. The molecule has 1 aromatic carbocycles. The number of nitrogen functional groups attached to an aromatic ring is 1. The molecule has 0 saturated heterocycles. The van der Waals surface area contributed by atoms with Crippen molar-refractivity contribution in [1.82, 2.24) is 4.72 Å². The topological polar surface area (TPSA) is 72.2 Å². The first-order chi connectivity index (χ1) is 6.97. The minimum absolute atomic E-state index is 0.191. The van der Waals surface area contributed by atoms with Crippen LogP contribution in [0.25, 0.3) is 0 Å². The molecule has 0 saturated carbocycles. The van der Waals surface area contributed by atoms with Gasteiger partial charge in [-0.3, -0.25) is 0 Å². The van der Waals surface area contributed by atoms with Gasteiger partial charge in [-0.25, -0.2) is 13.1 Å². The molecular formula is C9H13BrN2O2S. The van der Waals surface area contributed by atoms with E-state index in [4.69, 9.17) is 5.73 Å². The molecule has 4 nitrogen and oxygen atoms in total. The van der Waals surface area contributed by atoms with E-state index >= 15 is 0 Å². The summed E-state index contributed by atoms with van der Waals surface area (Å²) in [6.07, 6.45) is 0.755. The van der Waals surface area contributed by atoms with Crippen LogP contribution in [-0.4, -0.2) is 15.0 Å². The van der Waals surface area contributed by atoms with E-state index in [1.54, 1.807) is 6.07 Å². The normalized spacial score (nSPS) is 11.6. The van der Waals surface area contributed by atoms with Gasteiger partial charge in [0.2, 0.25) is 10.0 Å². The molecule has 15 heavy (non-hydrogen) atoms. The number of nitrogens with one attached hydrogen (secondary N) is 1. The smallest absolute Gasteiger partial charge is 0.240 e. The van der Waals surface area contributed by atoms with Crippen molar-refractivity contribution in [3.63, 3.8) is 0 Å². The predicted octanol–water partition coefficient (Wildman–Crippen LogP) is 1.72. The molecule has 0 spiro atoms. The summed E-state index contributed by atoms with van der Waals surface area (Å²) in [4.78, 5) is 0.191. The van der Waals surface area contributed by atoms with Crippen LogP contribution >= 0.6 is 15.9 Å². The number of benzene rings is 1. The maximum absolute atomic E-state index is 11.7. The molecule has 0 fully saturated rings. The Morgan fingerprint density at radius 2 is 2.13 bits per heavy atom. The van der Waals surface area contributed by atoms with E-state index in [-0.39, 0.29) is 4.90 Å². The van der Waals surface area contributed by atoms with E-state index in [0.29, 0.717) is 16.7 Å². The molecule has 84 valence electrons. The summed E-state index contributed by atoms with van der Waals surface area (Å²) in [6, 6.07) is 4.57. The maximum atomic E-state index is 11.7. The predicted molar refractivity (Wildman–Crippen MR) is 64.0 cm³/mol. The first kappa shape index (κ1) is 12.5. The van der Waals surface area contributed by atoms with Gasteiger partial charge < -0.3 is 5.73 Å². The summed E-state index contributed by atoms with van der Waals surface area (Å²) in [5, 5.41) is 0. The minimum Gasteiger partial charge on any atom is -0.398 e. The second-order valence-electron chi connectivity index (χ2n) is 3.08. The van der Waals surface area contributed by atoms with E-state index in [0.717, 1.165) is 6.42 Å². The molecule has 0 unspecified atom stereocenters. The van der Waals surface area contributed by atoms with Crippen LogP contribution in [0.1, 0.15) is 13.3 Å². The molecular weight excluding hydrogens is 280 g/mol. The van der Waals surface area contributed by atoms with Gasteiger partial charge in [0.1, 0.15) is 0 Å². The van der Waals surface area contributed by atoms with Crippen molar-refractivity contribution in [3.8, 4) is 0 Å². The first-order valence-electron chi connectivity index (χ1n) is 4.52. The highest BCUT2D eigenvalue weighted by Crippen LogP contribution is 2.22. The molecule has 0 aliphatic heterocycles. The van der Waals surface area contributed by atoms with Gasteiger partial charge in [-0.2, -0.15) is 0 Å². The number of anilines is 1. The molecule has 1 rings (SSSR count). The zero-order chi connectivity index (χ0) is 11.5. The van der Waals surface area contributed by atoms with Crippen LogP contribution in [0.15, 0.2) is 27.6 Å². The summed E-state index contributed by atoms with van der Waals surface area (Å²) < 4.78 is 26.5. The van der Waals surface area contributed by atoms with Crippen molar-refractivity contribution in [2.75, 3.05) is 12.3 Å². The Hall–Kier alpha value is -0.590. The Labute approximate surface area is 98.0 Å². The molecule has 6 heteroatoms. The highest BCUT2D eigenvalue weighted by atomic mass is 79.9. The van der Waals surface area contributed by atoms with Gasteiger partial charge in [-0.15, -0.1) is 0 Å². The average molecular weight is 293 g/mol. The molecule has 0 aliphatic rings. The summed E-state index contributed by atoms with van der Waals surface area (Å²) >= 11 is 3.21. The molecule has 0 aliphatic carbocycles. The van der Waals surface area contributed by atoms with Gasteiger partial charge in [-0.05, 0) is 40.5 Å². The number of nitrogens with two attached hydrogens (primary N) is 1. The third-order valence-electron chi connectivity index (χ3n) is 1.82. The van der Waals surface area contributed by atoms with E-state index in [1.165, 1.54) is 12.1 Å². The zero-order valence-electron chi connectivity index (χ0n) is 8.33. The Kier molecular flexibility index (Phi) is 4.12. The van der Waals surface area contributed by atoms with Crippen LogP contribution in [0.4, 0.5) is 5.69 Å². The molecule has 0 radical (unpaired) electrons. The zero-order valence-corrected chi connectivity index (χ0v) is 10.7. The number of rotatable bonds is 4. The van der Waals surface area contributed by atoms with E-state index in [9.17, 15) is 8.42 Å². The Morgan fingerprint density at radius 1 is 1.47 bits per heavy atom. The number of halogens is 1. The van der Waals surface area contributed by atoms with Crippen molar-refractivity contribution in [2.24, 2.45) is 0 Å². The molecule has 0 bridgehead atoms. The lowest BCUT2D eigenvalue weighted by Gasteiger charge is -2.06. The van der Waals surface area contributed by atoms with Gasteiger partial charge in [0.15, 0.2) is 0 Å². The highest BCUT2D eigenvalue weighted by molar-refractivity contribution is 9.10. The summed E-state index contributed by atoms with van der Waals surface area (Å²) in [6.45, 7) is 2.33. The van der Waals surface area contributed by atoms with Crippen LogP contribution in [0.2, 0.25) is 0 Å². The summed E-state index contributed by atoms with van der Waals surface area (Å²) in [5.74, 6) is 0. The summed E-state index contributed by atoms with van der Waals surface area (Å²) in [5.41, 5.74) is 6.02. The number of sulfonamides is 1. The van der Waals surface area contributed by atoms with Gasteiger partial charge in [0.25, 0.3) is 0 Å². The summed E-state index contributed by atoms with van der Waals surface area (Å²) in [7, 11) is -3.41. The lowest BCUT2D eigenvalue weighted by molar-refractivity contribution is 0.581. The largest absolute Gasteiger partial charge is 0.398 e. The second kappa shape index (κ2) is 4.96. The SMILES string of the molecule is CCCNS(=O)(=O)c1ccc(Br)c(N)c1. The standard InChI is InChI=1S/C9H13BrN2O2S/c1-2-5-12-15(13,14)7-3-4-8(10)9(11)6-7/h3-4,6,12H,2,5,11H2,1H3. The van der Waals surface area contributed by atoms with Gasteiger partial charge in [0.05, 0.1) is 4.90 Å². The van der Waals surface area contributed by atoms with E-state index in [1.807, 2.05) is 6.92 Å². The van der Waals surface area contributed by atoms with Crippen LogP contribution < -0.4 is 10.5 Å². The van der Waals surface area contributed by atoms with Crippen molar-refractivity contribution in [3.05, 3.63) is 22.7 Å². The van der Waals surface area contributed by atoms with Gasteiger partial charge >= 0.3 is 0 Å². The molecule has 3 N–H and O–H groups in total. The fraction of sp³-hybridized carbons (Fsp3) is 0.333. The van der Waals surface area contributed by atoms with Crippen LogP contribution in [0.3, 0.4) is 0 Å². The highest BCUT2D eigenvalue weighted by Gasteiger charge is 2.13. The molecule has 0 amide bonds. The van der Waals surface area contributed by atoms with Crippen molar-refractivity contribution < 1.29 is 8.42 Å². The van der Waals surface area contributed by atoms with Gasteiger partial charge in [-0.1, -0.05) is 6.92 Å². The molecule has 1 aromatic rings. The van der Waals surface area contributed by atoms with Crippen LogP contribution in [0.5, 0.6) is 0 Å². The van der Waals surface area contributed by atoms with Crippen molar-refractivity contribution in [2.45, 2.75) is 18.2 Å². The lowest BCUT2D eigenvalue weighted by atomic mass is 10.3. The Bertz CT molecular complexity index is 445. The molecule has 0 heterocycles. The Morgan fingerprint density at radius 3 is 2.67 bits per heavy atom. The monoisotopic (exact) mass is 292 g/mol. The van der Waals surface area contributed by atoms with Crippen molar-refractivity contribution >= 4 is 31.6 Å². The lowest BCUT2D eigenvalue weighted by Crippen LogP contribution is -2.24. The molecule has 0 aromatic heterocycles. The van der Waals surface area contributed by atoms with Crippen LogP contribution in [-0.2, 0) is 10.0 Å². The van der Waals surface area contributed by atoms with E-state index < -0.39 is 10.0 Å². The quantitative estimate of drug-likeness (QED) is 0.830. The average Bonchev–Trinajstić information content (AvgIpc) is 2.19. The minimum atomic E-state index is -3.41. The second-order valence-corrected chi connectivity index (χ2v) is 5.70. The first-order valence-corrected chi connectivity index (χ1v) is 6.79. The number of hydrogen-bond acceptors (Lipinski definition) is 3. The Balaban J connectivity index is 3.00. The van der Waals surface area contributed by atoms with Crippen LogP contribution in [0, 0.1) is 0 Å². The number of hydrogen-bond donors (Lipinski definition) is 2. The van der Waals surface area contributed by atoms with E-state index in [2.05, 4.69) is 20.7 Å². The third kappa shape index (κ3) is 3.19. The fourth-order valence-corrected chi connectivity index (χ4v) is 2.42.